The van der Waals surface area contributed by atoms with Crippen molar-refractivity contribution in [1.29, 1.82) is 0 Å². The van der Waals surface area contributed by atoms with Gasteiger partial charge in [0.25, 0.3) is 0 Å². The summed E-state index contributed by atoms with van der Waals surface area (Å²) >= 11 is 1.47. The highest BCUT2D eigenvalue weighted by molar-refractivity contribution is 7.13. The van der Waals surface area contributed by atoms with Crippen LogP contribution in [-0.4, -0.2) is 18.0 Å². The second-order valence-corrected chi connectivity index (χ2v) is 7.01. The third kappa shape index (κ3) is 4.31. The summed E-state index contributed by atoms with van der Waals surface area (Å²) < 4.78 is 5.29. The summed E-state index contributed by atoms with van der Waals surface area (Å²) in [7, 11) is 1.64. The molecule has 4 nitrogen and oxygen atoms in total. The number of thiazole rings is 1. The Labute approximate surface area is 135 Å². The number of carbonyl (C=O) groups excluding carboxylic acids is 1. The molecule has 0 radical (unpaired) electrons. The number of ether oxygens (including phenoxy) is 1. The molecule has 0 saturated heterocycles. The van der Waals surface area contributed by atoms with E-state index in [9.17, 15) is 4.79 Å². The summed E-state index contributed by atoms with van der Waals surface area (Å²) in [6, 6.07) is 7.76. The van der Waals surface area contributed by atoms with E-state index in [0.29, 0.717) is 18.0 Å². The van der Waals surface area contributed by atoms with Crippen LogP contribution in [0.4, 0.5) is 5.13 Å². The number of amides is 1. The second-order valence-electron chi connectivity index (χ2n) is 6.15. The van der Waals surface area contributed by atoms with E-state index in [0.717, 1.165) is 17.0 Å². The Bertz CT molecular complexity index is 644. The predicted molar refractivity (Wildman–Crippen MR) is 90.8 cm³/mol. The number of aromatic nitrogens is 1. The van der Waals surface area contributed by atoms with Crippen LogP contribution in [0.3, 0.4) is 0 Å². The standard InChI is InChI=1S/C17H22N2O2S/c1-17(2,3)14-11-22-16(18-14)19-15(20)10-9-12-7-5-6-8-13(12)21-4/h5-8,11H,9-10H2,1-4H3,(H,18,19,20). The van der Waals surface area contributed by atoms with Crippen LogP contribution in [0, 0.1) is 0 Å². The maximum atomic E-state index is 12.1. The van der Waals surface area contributed by atoms with Gasteiger partial charge in [-0.15, -0.1) is 11.3 Å². The largest absolute Gasteiger partial charge is 0.496 e. The zero-order valence-corrected chi connectivity index (χ0v) is 14.3. The molecule has 0 bridgehead atoms. The molecule has 0 saturated carbocycles. The van der Waals surface area contributed by atoms with Crippen LogP contribution in [0.25, 0.3) is 0 Å². The molecule has 0 atom stereocenters. The van der Waals surface area contributed by atoms with Crippen molar-refractivity contribution >= 4 is 22.4 Å². The fourth-order valence-corrected chi connectivity index (χ4v) is 2.97. The van der Waals surface area contributed by atoms with Crippen molar-refractivity contribution in [2.24, 2.45) is 0 Å². The van der Waals surface area contributed by atoms with E-state index < -0.39 is 0 Å². The minimum Gasteiger partial charge on any atom is -0.496 e. The molecule has 22 heavy (non-hydrogen) atoms. The van der Waals surface area contributed by atoms with Gasteiger partial charge in [0.2, 0.25) is 5.91 Å². The number of rotatable bonds is 5. The summed E-state index contributed by atoms with van der Waals surface area (Å²) in [5, 5.41) is 5.53. The maximum Gasteiger partial charge on any atom is 0.226 e. The molecule has 2 aromatic rings. The van der Waals surface area contributed by atoms with E-state index in [-0.39, 0.29) is 11.3 Å². The van der Waals surface area contributed by atoms with Crippen LogP contribution in [-0.2, 0) is 16.6 Å². The molecule has 0 unspecified atom stereocenters. The Morgan fingerprint density at radius 1 is 1.32 bits per heavy atom. The molecule has 118 valence electrons. The van der Waals surface area contributed by atoms with Crippen LogP contribution in [0.15, 0.2) is 29.6 Å². The number of hydrogen-bond acceptors (Lipinski definition) is 4. The molecule has 2 rings (SSSR count). The minimum atomic E-state index is -0.0271. The van der Waals surface area contributed by atoms with Gasteiger partial charge < -0.3 is 10.1 Å². The van der Waals surface area contributed by atoms with Crippen molar-refractivity contribution < 1.29 is 9.53 Å². The molecule has 1 amide bonds. The third-order valence-corrected chi connectivity index (χ3v) is 4.09. The molecule has 0 aliphatic heterocycles. The van der Waals surface area contributed by atoms with Crippen molar-refractivity contribution in [3.8, 4) is 5.75 Å². The second kappa shape index (κ2) is 6.92. The van der Waals surface area contributed by atoms with Crippen LogP contribution < -0.4 is 10.1 Å². The summed E-state index contributed by atoms with van der Waals surface area (Å²) in [4.78, 5) is 16.5. The molecule has 0 aliphatic carbocycles. The lowest BCUT2D eigenvalue weighted by molar-refractivity contribution is -0.116. The summed E-state index contributed by atoms with van der Waals surface area (Å²) in [6.07, 6.45) is 1.05. The van der Waals surface area contributed by atoms with Crippen LogP contribution in [0.1, 0.15) is 38.4 Å². The molecule has 1 N–H and O–H groups in total. The Kier molecular flexibility index (Phi) is 5.19. The van der Waals surface area contributed by atoms with Crippen LogP contribution in [0.5, 0.6) is 5.75 Å². The quantitative estimate of drug-likeness (QED) is 0.906. The highest BCUT2D eigenvalue weighted by Crippen LogP contribution is 2.26. The Morgan fingerprint density at radius 2 is 2.05 bits per heavy atom. The fraction of sp³-hybridized carbons (Fsp3) is 0.412. The first-order valence-corrected chi connectivity index (χ1v) is 8.16. The molecule has 0 spiro atoms. The van der Waals surface area contributed by atoms with E-state index in [1.807, 2.05) is 29.6 Å². The fourth-order valence-electron chi connectivity index (χ4n) is 2.02. The van der Waals surface area contributed by atoms with Gasteiger partial charge >= 0.3 is 0 Å². The van der Waals surface area contributed by atoms with E-state index in [1.54, 1.807) is 7.11 Å². The smallest absolute Gasteiger partial charge is 0.226 e. The van der Waals surface area contributed by atoms with Crippen molar-refractivity contribution in [1.82, 2.24) is 4.98 Å². The first kappa shape index (κ1) is 16.5. The number of nitrogens with one attached hydrogen (secondary N) is 1. The van der Waals surface area contributed by atoms with Crippen LogP contribution in [0.2, 0.25) is 0 Å². The molecular formula is C17H22N2O2S. The number of methoxy groups -OCH3 is 1. The van der Waals surface area contributed by atoms with E-state index in [4.69, 9.17) is 4.74 Å². The molecular weight excluding hydrogens is 296 g/mol. The SMILES string of the molecule is COc1ccccc1CCC(=O)Nc1nc(C(C)(C)C)cs1. The van der Waals surface area contributed by atoms with Gasteiger partial charge in [0.15, 0.2) is 5.13 Å². The molecule has 5 heteroatoms. The number of hydrogen-bond donors (Lipinski definition) is 1. The topological polar surface area (TPSA) is 51.2 Å². The summed E-state index contributed by atoms with van der Waals surface area (Å²) in [5.74, 6) is 0.792. The number of aryl methyl sites for hydroxylation is 1. The molecule has 0 fully saturated rings. The Morgan fingerprint density at radius 3 is 2.68 bits per heavy atom. The molecule has 1 heterocycles. The van der Waals surface area contributed by atoms with Gasteiger partial charge in [0.05, 0.1) is 12.8 Å². The van der Waals surface area contributed by atoms with Crippen molar-refractivity contribution in [3.05, 3.63) is 40.9 Å². The summed E-state index contributed by atoms with van der Waals surface area (Å²) in [6.45, 7) is 6.32. The average molecular weight is 318 g/mol. The normalized spacial score (nSPS) is 11.3. The van der Waals surface area contributed by atoms with Gasteiger partial charge in [-0.3, -0.25) is 4.79 Å². The zero-order valence-electron chi connectivity index (χ0n) is 13.5. The number of nitrogens with zero attached hydrogens (tertiary/aromatic N) is 1. The number of anilines is 1. The number of carbonyl (C=O) groups is 1. The first-order chi connectivity index (χ1) is 10.4. The van der Waals surface area contributed by atoms with Gasteiger partial charge in [-0.2, -0.15) is 0 Å². The highest BCUT2D eigenvalue weighted by Gasteiger charge is 2.18. The lowest BCUT2D eigenvalue weighted by Gasteiger charge is -2.14. The Balaban J connectivity index is 1.92. The van der Waals surface area contributed by atoms with E-state index in [2.05, 4.69) is 31.1 Å². The highest BCUT2D eigenvalue weighted by atomic mass is 32.1. The molecule has 1 aromatic heterocycles. The van der Waals surface area contributed by atoms with Gasteiger partial charge in [-0.25, -0.2) is 4.98 Å². The van der Waals surface area contributed by atoms with Gasteiger partial charge in [-0.05, 0) is 18.1 Å². The molecule has 1 aromatic carbocycles. The first-order valence-electron chi connectivity index (χ1n) is 7.28. The zero-order chi connectivity index (χ0) is 16.2. The van der Waals surface area contributed by atoms with E-state index in [1.165, 1.54) is 11.3 Å². The number of benzene rings is 1. The maximum absolute atomic E-state index is 12.1. The van der Waals surface area contributed by atoms with Crippen molar-refractivity contribution in [3.63, 3.8) is 0 Å². The minimum absolute atomic E-state index is 0.00309. The summed E-state index contributed by atoms with van der Waals surface area (Å²) in [5.41, 5.74) is 2.03. The lowest BCUT2D eigenvalue weighted by Crippen LogP contribution is -2.14. The van der Waals surface area contributed by atoms with Gasteiger partial charge in [-0.1, -0.05) is 39.0 Å². The van der Waals surface area contributed by atoms with Crippen molar-refractivity contribution in [2.45, 2.75) is 39.0 Å². The van der Waals surface area contributed by atoms with Gasteiger partial charge in [0, 0.05) is 17.2 Å². The third-order valence-electron chi connectivity index (χ3n) is 3.33. The van der Waals surface area contributed by atoms with Gasteiger partial charge in [0.1, 0.15) is 5.75 Å². The predicted octanol–water partition coefficient (Wildman–Crippen LogP) is 4.02. The monoisotopic (exact) mass is 318 g/mol. The molecule has 0 aliphatic rings. The Hall–Kier alpha value is -1.88. The lowest BCUT2D eigenvalue weighted by atomic mass is 9.93. The van der Waals surface area contributed by atoms with Crippen molar-refractivity contribution in [2.75, 3.05) is 12.4 Å². The van der Waals surface area contributed by atoms with Crippen LogP contribution >= 0.6 is 11.3 Å². The van der Waals surface area contributed by atoms with E-state index >= 15 is 0 Å². The average Bonchev–Trinajstić information content (AvgIpc) is 2.94. The number of para-hydroxylation sites is 1.